The highest BCUT2D eigenvalue weighted by molar-refractivity contribution is 7.92. The van der Waals surface area contributed by atoms with Crippen molar-refractivity contribution in [2.24, 2.45) is 0 Å². The molecular formula is C19H16F5N3O2S. The molecule has 1 N–H and O–H groups in total. The third kappa shape index (κ3) is 4.16. The van der Waals surface area contributed by atoms with Gasteiger partial charge in [0.05, 0.1) is 17.0 Å². The van der Waals surface area contributed by atoms with Crippen LogP contribution in [0.4, 0.5) is 27.8 Å². The normalized spacial score (nSPS) is 11.9. The fraction of sp³-hybridized carbons (Fsp3) is 0.211. The molecule has 11 heteroatoms. The topological polar surface area (TPSA) is 64.0 Å². The minimum atomic E-state index is -3.99. The Hall–Kier alpha value is -2.95. The van der Waals surface area contributed by atoms with E-state index in [2.05, 4.69) is 9.82 Å². The monoisotopic (exact) mass is 445 g/mol. The molecule has 0 bridgehead atoms. The average Bonchev–Trinajstić information content (AvgIpc) is 3.14. The van der Waals surface area contributed by atoms with Crippen LogP contribution in [-0.2, 0) is 16.6 Å². The van der Waals surface area contributed by atoms with Crippen molar-refractivity contribution >= 4 is 15.8 Å². The molecule has 0 aliphatic carbocycles. The fourth-order valence-electron chi connectivity index (χ4n) is 2.68. The van der Waals surface area contributed by atoms with Crippen LogP contribution in [0.1, 0.15) is 30.9 Å². The lowest BCUT2D eigenvalue weighted by atomic mass is 10.0. The highest BCUT2D eigenvalue weighted by atomic mass is 32.2. The Balaban J connectivity index is 1.82. The van der Waals surface area contributed by atoms with Crippen LogP contribution in [0.2, 0.25) is 0 Å². The molecule has 3 aromatic rings. The lowest BCUT2D eigenvalue weighted by Crippen LogP contribution is -2.14. The first-order chi connectivity index (χ1) is 14.0. The largest absolute Gasteiger partial charge is 0.266 e. The van der Waals surface area contributed by atoms with E-state index in [4.69, 9.17) is 0 Å². The van der Waals surface area contributed by atoms with E-state index in [0.29, 0.717) is 0 Å². The number of aromatic nitrogens is 2. The summed E-state index contributed by atoms with van der Waals surface area (Å²) in [7, 11) is -3.99. The number of halogens is 5. The van der Waals surface area contributed by atoms with Crippen molar-refractivity contribution in [2.75, 3.05) is 4.72 Å². The third-order valence-electron chi connectivity index (χ3n) is 4.36. The molecule has 1 aromatic heterocycles. The number of sulfonamides is 1. The first kappa shape index (κ1) is 21.8. The van der Waals surface area contributed by atoms with E-state index in [1.54, 1.807) is 12.1 Å². The Bertz CT molecular complexity index is 1160. The maximum absolute atomic E-state index is 13.8. The Morgan fingerprint density at radius 2 is 1.43 bits per heavy atom. The van der Waals surface area contributed by atoms with Gasteiger partial charge in [-0.05, 0) is 23.6 Å². The van der Waals surface area contributed by atoms with Gasteiger partial charge in [-0.15, -0.1) is 0 Å². The molecule has 0 saturated heterocycles. The first-order valence-electron chi connectivity index (χ1n) is 8.67. The molecule has 2 aromatic carbocycles. The molecule has 0 atom stereocenters. The zero-order chi connectivity index (χ0) is 22.2. The molecule has 0 amide bonds. The standard InChI is InChI=1S/C19H16F5N3O2S/c1-10(2)11-3-5-12(6-4-11)30(28,29)26-14-7-8-27(25-14)9-13-15(20)17(22)19(24)18(23)16(13)21/h3-8,10H,9H2,1-2H3,(H,25,26). The highest BCUT2D eigenvalue weighted by Crippen LogP contribution is 2.24. The summed E-state index contributed by atoms with van der Waals surface area (Å²) in [6.45, 7) is 3.12. The number of benzene rings is 2. The zero-order valence-corrected chi connectivity index (χ0v) is 16.6. The molecule has 0 unspecified atom stereocenters. The van der Waals surface area contributed by atoms with Crippen molar-refractivity contribution in [1.82, 2.24) is 9.78 Å². The fourth-order valence-corrected chi connectivity index (χ4v) is 3.68. The summed E-state index contributed by atoms with van der Waals surface area (Å²) in [4.78, 5) is -0.0267. The number of hydrogen-bond donors (Lipinski definition) is 1. The van der Waals surface area contributed by atoms with Gasteiger partial charge in [-0.25, -0.2) is 30.4 Å². The summed E-state index contributed by atoms with van der Waals surface area (Å²) >= 11 is 0. The van der Waals surface area contributed by atoms with Gasteiger partial charge in [0, 0.05) is 12.3 Å². The molecule has 0 aliphatic heterocycles. The van der Waals surface area contributed by atoms with Crippen molar-refractivity contribution < 1.29 is 30.4 Å². The smallest absolute Gasteiger partial charge is 0.263 e. The SMILES string of the molecule is CC(C)c1ccc(S(=O)(=O)Nc2ccn(Cc3c(F)c(F)c(F)c(F)c3F)n2)cc1. The average molecular weight is 445 g/mol. The van der Waals surface area contributed by atoms with Gasteiger partial charge in [-0.1, -0.05) is 26.0 Å². The minimum absolute atomic E-state index is 0.0267. The number of nitrogens with one attached hydrogen (secondary N) is 1. The van der Waals surface area contributed by atoms with E-state index in [1.807, 2.05) is 13.8 Å². The number of nitrogens with zero attached hydrogens (tertiary/aromatic N) is 2. The maximum Gasteiger partial charge on any atom is 0.263 e. The van der Waals surface area contributed by atoms with Crippen LogP contribution in [-0.4, -0.2) is 18.2 Å². The lowest BCUT2D eigenvalue weighted by molar-refractivity contribution is 0.367. The summed E-state index contributed by atoms with van der Waals surface area (Å²) < 4.78 is 95.3. The zero-order valence-electron chi connectivity index (χ0n) is 15.8. The highest BCUT2D eigenvalue weighted by Gasteiger charge is 2.26. The molecule has 5 nitrogen and oxygen atoms in total. The van der Waals surface area contributed by atoms with Crippen molar-refractivity contribution in [1.29, 1.82) is 0 Å². The van der Waals surface area contributed by atoms with Gasteiger partial charge in [0.15, 0.2) is 29.1 Å². The minimum Gasteiger partial charge on any atom is -0.266 e. The number of anilines is 1. The predicted octanol–water partition coefficient (Wildman–Crippen LogP) is 4.55. The number of rotatable bonds is 6. The summed E-state index contributed by atoms with van der Waals surface area (Å²) in [5.74, 6) is -10.3. The van der Waals surface area contributed by atoms with Crippen LogP contribution in [0.15, 0.2) is 41.4 Å². The number of hydrogen-bond acceptors (Lipinski definition) is 3. The second kappa shape index (κ2) is 8.05. The quantitative estimate of drug-likeness (QED) is 0.344. The van der Waals surface area contributed by atoms with Crippen molar-refractivity contribution in [3.05, 3.63) is 76.7 Å². The lowest BCUT2D eigenvalue weighted by Gasteiger charge is -2.09. The van der Waals surface area contributed by atoms with Gasteiger partial charge in [0.25, 0.3) is 10.0 Å². The molecule has 30 heavy (non-hydrogen) atoms. The Kier molecular flexibility index (Phi) is 5.84. The molecule has 1 heterocycles. The summed E-state index contributed by atoms with van der Waals surface area (Å²) in [5.41, 5.74) is -0.144. The molecule has 3 rings (SSSR count). The molecule has 0 saturated carbocycles. The Labute approximate surface area is 169 Å². The van der Waals surface area contributed by atoms with Crippen molar-refractivity contribution in [3.8, 4) is 0 Å². The van der Waals surface area contributed by atoms with Gasteiger partial charge in [0.1, 0.15) is 0 Å². The van der Waals surface area contributed by atoms with Crippen LogP contribution >= 0.6 is 0 Å². The second-order valence-electron chi connectivity index (χ2n) is 6.78. The molecule has 0 spiro atoms. The summed E-state index contributed by atoms with van der Waals surface area (Å²) in [6, 6.07) is 7.36. The maximum atomic E-state index is 13.8. The molecule has 0 radical (unpaired) electrons. The van der Waals surface area contributed by atoms with Gasteiger partial charge >= 0.3 is 0 Å². The third-order valence-corrected chi connectivity index (χ3v) is 5.73. The summed E-state index contributed by atoms with van der Waals surface area (Å²) in [6.07, 6.45) is 1.14. The van der Waals surface area contributed by atoms with Crippen molar-refractivity contribution in [3.63, 3.8) is 0 Å². The van der Waals surface area contributed by atoms with Crippen LogP contribution < -0.4 is 4.72 Å². The van der Waals surface area contributed by atoms with Gasteiger partial charge in [-0.3, -0.25) is 9.40 Å². The van der Waals surface area contributed by atoms with Gasteiger partial charge < -0.3 is 0 Å². The van der Waals surface area contributed by atoms with E-state index < -0.39 is 51.2 Å². The molecular weight excluding hydrogens is 429 g/mol. The first-order valence-corrected chi connectivity index (χ1v) is 10.2. The van der Waals surface area contributed by atoms with Gasteiger partial charge in [0.2, 0.25) is 5.82 Å². The van der Waals surface area contributed by atoms with E-state index in [9.17, 15) is 30.4 Å². The van der Waals surface area contributed by atoms with E-state index in [0.717, 1.165) is 16.4 Å². The van der Waals surface area contributed by atoms with Crippen LogP contribution in [0.25, 0.3) is 0 Å². The second-order valence-corrected chi connectivity index (χ2v) is 8.46. The van der Waals surface area contributed by atoms with Crippen molar-refractivity contribution in [2.45, 2.75) is 31.2 Å². The Morgan fingerprint density at radius 3 is 1.97 bits per heavy atom. The molecule has 0 aliphatic rings. The van der Waals surface area contributed by atoms with E-state index >= 15 is 0 Å². The van der Waals surface area contributed by atoms with E-state index in [-0.39, 0.29) is 16.6 Å². The summed E-state index contributed by atoms with van der Waals surface area (Å²) in [5, 5.41) is 3.78. The van der Waals surface area contributed by atoms with Gasteiger partial charge in [-0.2, -0.15) is 5.10 Å². The molecule has 0 fully saturated rings. The van der Waals surface area contributed by atoms with Crippen LogP contribution in [0, 0.1) is 29.1 Å². The predicted molar refractivity (Wildman–Crippen MR) is 98.9 cm³/mol. The van der Waals surface area contributed by atoms with E-state index in [1.165, 1.54) is 18.2 Å². The molecule has 160 valence electrons. The Morgan fingerprint density at radius 1 is 0.900 bits per heavy atom. The van der Waals surface area contributed by atoms with Crippen LogP contribution in [0.3, 0.4) is 0 Å². The van der Waals surface area contributed by atoms with Crippen LogP contribution in [0.5, 0.6) is 0 Å².